The number of rotatable bonds is 8. The van der Waals surface area contributed by atoms with Crippen molar-refractivity contribution in [3.63, 3.8) is 0 Å². The summed E-state index contributed by atoms with van der Waals surface area (Å²) >= 11 is 0. The van der Waals surface area contributed by atoms with E-state index in [0.717, 1.165) is 0 Å². The molecule has 0 aromatic heterocycles. The maximum absolute atomic E-state index is 11.2. The predicted molar refractivity (Wildman–Crippen MR) is 101 cm³/mol. The van der Waals surface area contributed by atoms with Gasteiger partial charge in [0, 0.05) is 51.9 Å². The van der Waals surface area contributed by atoms with Crippen LogP contribution in [0.2, 0.25) is 0 Å². The molecule has 1 rings (SSSR count). The Bertz CT molecular complexity index is 588. The van der Waals surface area contributed by atoms with Crippen molar-refractivity contribution in [3.05, 3.63) is 0 Å². The summed E-state index contributed by atoms with van der Waals surface area (Å²) in [5.41, 5.74) is 0. The molecule has 1 fully saturated rings. The number of carboxylic acid groups (broad SMARTS) is 4. The lowest BCUT2D eigenvalue weighted by Crippen LogP contribution is -2.52. The SMILES string of the molecule is CC1CN(CC(=O)O)CCN(CC(=O)O)CCN(CC(=O)O)CCN1CC(=O)O. The van der Waals surface area contributed by atoms with E-state index in [4.69, 9.17) is 15.3 Å². The summed E-state index contributed by atoms with van der Waals surface area (Å²) in [5, 5.41) is 36.6. The fourth-order valence-electron chi connectivity index (χ4n) is 3.30. The first-order valence-electron chi connectivity index (χ1n) is 9.35. The van der Waals surface area contributed by atoms with E-state index in [9.17, 15) is 24.3 Å². The molecule has 1 aliphatic rings. The van der Waals surface area contributed by atoms with Crippen LogP contribution in [0, 0.1) is 0 Å². The molecule has 0 aromatic rings. The molecule has 29 heavy (non-hydrogen) atoms. The van der Waals surface area contributed by atoms with Crippen molar-refractivity contribution in [2.24, 2.45) is 0 Å². The van der Waals surface area contributed by atoms with Crippen LogP contribution in [-0.2, 0) is 19.2 Å². The fourth-order valence-corrected chi connectivity index (χ4v) is 3.30. The number of carbonyl (C=O) groups is 4. The third-order valence-corrected chi connectivity index (χ3v) is 4.73. The van der Waals surface area contributed by atoms with E-state index in [0.29, 0.717) is 45.8 Å². The van der Waals surface area contributed by atoms with Gasteiger partial charge in [-0.1, -0.05) is 0 Å². The zero-order valence-corrected chi connectivity index (χ0v) is 16.6. The molecule has 1 heterocycles. The summed E-state index contributed by atoms with van der Waals surface area (Å²) in [6.07, 6.45) is 0. The second kappa shape index (κ2) is 12.3. The second-order valence-corrected chi connectivity index (χ2v) is 7.18. The Morgan fingerprint density at radius 1 is 0.621 bits per heavy atom. The van der Waals surface area contributed by atoms with Crippen LogP contribution in [0.1, 0.15) is 6.92 Å². The Balaban J connectivity index is 3.01. The molecule has 166 valence electrons. The minimum absolute atomic E-state index is 0.234. The van der Waals surface area contributed by atoms with E-state index in [-0.39, 0.29) is 32.2 Å². The van der Waals surface area contributed by atoms with Crippen LogP contribution in [0.4, 0.5) is 0 Å². The molecule has 0 spiro atoms. The van der Waals surface area contributed by atoms with Crippen molar-refractivity contribution in [2.45, 2.75) is 13.0 Å². The molecular formula is C17H30N4O8. The molecule has 1 unspecified atom stereocenters. The Hall–Kier alpha value is -2.28. The Morgan fingerprint density at radius 2 is 0.966 bits per heavy atom. The molecule has 12 nitrogen and oxygen atoms in total. The third kappa shape index (κ3) is 10.7. The van der Waals surface area contributed by atoms with Gasteiger partial charge >= 0.3 is 23.9 Å². The van der Waals surface area contributed by atoms with Gasteiger partial charge in [-0.05, 0) is 6.92 Å². The van der Waals surface area contributed by atoms with Gasteiger partial charge < -0.3 is 20.4 Å². The smallest absolute Gasteiger partial charge is 0.317 e. The lowest BCUT2D eigenvalue weighted by Gasteiger charge is -2.36. The van der Waals surface area contributed by atoms with Gasteiger partial charge in [-0.25, -0.2) is 0 Å². The largest absolute Gasteiger partial charge is 0.480 e. The quantitative estimate of drug-likeness (QED) is 0.341. The van der Waals surface area contributed by atoms with E-state index < -0.39 is 23.9 Å². The molecule has 12 heteroatoms. The van der Waals surface area contributed by atoms with Gasteiger partial charge in [0.25, 0.3) is 0 Å². The molecule has 4 N–H and O–H groups in total. The maximum Gasteiger partial charge on any atom is 0.317 e. The van der Waals surface area contributed by atoms with Gasteiger partial charge in [0.15, 0.2) is 0 Å². The van der Waals surface area contributed by atoms with E-state index >= 15 is 0 Å². The Morgan fingerprint density at radius 3 is 1.38 bits per heavy atom. The topological polar surface area (TPSA) is 162 Å². The number of hydrogen-bond donors (Lipinski definition) is 4. The van der Waals surface area contributed by atoms with Gasteiger partial charge in [-0.2, -0.15) is 0 Å². The van der Waals surface area contributed by atoms with Crippen LogP contribution in [0.25, 0.3) is 0 Å². The van der Waals surface area contributed by atoms with Crippen molar-refractivity contribution < 1.29 is 39.6 Å². The fraction of sp³-hybridized carbons (Fsp3) is 0.765. The lowest BCUT2D eigenvalue weighted by atomic mass is 10.2. The molecule has 0 radical (unpaired) electrons. The number of nitrogens with zero attached hydrogens (tertiary/aromatic N) is 4. The molecule has 0 aliphatic carbocycles. The summed E-state index contributed by atoms with van der Waals surface area (Å²) in [6.45, 7) is 2.91. The number of aliphatic carboxylic acids is 4. The highest BCUT2D eigenvalue weighted by Gasteiger charge is 2.24. The van der Waals surface area contributed by atoms with Crippen molar-refractivity contribution in [1.29, 1.82) is 0 Å². The van der Waals surface area contributed by atoms with Crippen LogP contribution >= 0.6 is 0 Å². The maximum atomic E-state index is 11.2. The first kappa shape index (κ1) is 24.8. The average Bonchev–Trinajstić information content (AvgIpc) is 2.57. The summed E-state index contributed by atoms with van der Waals surface area (Å²) in [6, 6.07) is -0.288. The molecule has 0 amide bonds. The van der Waals surface area contributed by atoms with Crippen LogP contribution in [0.5, 0.6) is 0 Å². The first-order chi connectivity index (χ1) is 13.6. The molecule has 1 saturated heterocycles. The zero-order valence-electron chi connectivity index (χ0n) is 16.6. The molecule has 1 aliphatic heterocycles. The normalized spacial score (nSPS) is 21.8. The van der Waals surface area contributed by atoms with Crippen molar-refractivity contribution >= 4 is 23.9 Å². The van der Waals surface area contributed by atoms with Gasteiger partial charge in [-0.15, -0.1) is 0 Å². The van der Waals surface area contributed by atoms with Crippen LogP contribution in [-0.4, -0.2) is 142 Å². The highest BCUT2D eigenvalue weighted by molar-refractivity contribution is 5.70. The predicted octanol–water partition coefficient (Wildman–Crippen LogP) is -2.07. The second-order valence-electron chi connectivity index (χ2n) is 7.18. The highest BCUT2D eigenvalue weighted by atomic mass is 16.4. The minimum atomic E-state index is -1.02. The van der Waals surface area contributed by atoms with Gasteiger partial charge in [0.1, 0.15) is 0 Å². The average molecular weight is 418 g/mol. The third-order valence-electron chi connectivity index (χ3n) is 4.73. The number of hydrogen-bond acceptors (Lipinski definition) is 8. The summed E-state index contributed by atoms with van der Waals surface area (Å²) in [5.74, 6) is -4.09. The zero-order chi connectivity index (χ0) is 22.0. The summed E-state index contributed by atoms with van der Waals surface area (Å²) in [4.78, 5) is 51.4. The highest BCUT2D eigenvalue weighted by Crippen LogP contribution is 2.06. The van der Waals surface area contributed by atoms with E-state index in [1.165, 1.54) is 0 Å². The molecule has 1 atom stereocenters. The van der Waals surface area contributed by atoms with Crippen LogP contribution in [0.3, 0.4) is 0 Å². The van der Waals surface area contributed by atoms with E-state index in [1.807, 2.05) is 0 Å². The van der Waals surface area contributed by atoms with Crippen LogP contribution in [0.15, 0.2) is 0 Å². The van der Waals surface area contributed by atoms with Gasteiger partial charge in [0.05, 0.1) is 26.2 Å². The molecule has 0 bridgehead atoms. The standard InChI is InChI=1S/C17H30N4O8/c1-13-8-20(11-16(26)27)5-4-18(9-14(22)23)2-3-19(10-15(24)25)6-7-21(13)12-17(28)29/h13H,2-12H2,1H3,(H,22,23)(H,24,25)(H,26,27)(H,28,29). The minimum Gasteiger partial charge on any atom is -0.480 e. The Labute approximate surface area is 168 Å². The van der Waals surface area contributed by atoms with E-state index in [2.05, 4.69) is 0 Å². The number of carboxylic acids is 4. The lowest BCUT2D eigenvalue weighted by molar-refractivity contribution is -0.142. The van der Waals surface area contributed by atoms with Crippen molar-refractivity contribution in [3.8, 4) is 0 Å². The van der Waals surface area contributed by atoms with Crippen molar-refractivity contribution in [2.75, 3.05) is 72.0 Å². The first-order valence-corrected chi connectivity index (χ1v) is 9.35. The molecule has 0 aromatic carbocycles. The molecule has 0 saturated carbocycles. The van der Waals surface area contributed by atoms with Crippen LogP contribution < -0.4 is 0 Å². The van der Waals surface area contributed by atoms with Gasteiger partial charge in [0.2, 0.25) is 0 Å². The molecular weight excluding hydrogens is 388 g/mol. The summed E-state index contributed by atoms with van der Waals surface area (Å²) < 4.78 is 0. The monoisotopic (exact) mass is 418 g/mol. The van der Waals surface area contributed by atoms with E-state index in [1.54, 1.807) is 26.5 Å². The Kier molecular flexibility index (Phi) is 10.5. The summed E-state index contributed by atoms with van der Waals surface area (Å²) in [7, 11) is 0. The van der Waals surface area contributed by atoms with Gasteiger partial charge in [-0.3, -0.25) is 38.8 Å². The van der Waals surface area contributed by atoms with Crippen molar-refractivity contribution in [1.82, 2.24) is 19.6 Å².